The molecule has 1 spiro atoms. The van der Waals surface area contributed by atoms with Crippen molar-refractivity contribution in [3.05, 3.63) is 22.5 Å². The van der Waals surface area contributed by atoms with E-state index in [2.05, 4.69) is 18.8 Å². The predicted octanol–water partition coefficient (Wildman–Crippen LogP) is 5.18. The molecule has 1 aromatic heterocycles. The van der Waals surface area contributed by atoms with Crippen molar-refractivity contribution in [1.82, 2.24) is 9.88 Å². The van der Waals surface area contributed by atoms with Crippen molar-refractivity contribution < 1.29 is 23.8 Å². The van der Waals surface area contributed by atoms with Crippen molar-refractivity contribution in [2.24, 2.45) is 16.7 Å². The van der Waals surface area contributed by atoms with Crippen LogP contribution in [0.1, 0.15) is 94.2 Å². The molecule has 0 bridgehead atoms. The first-order valence-corrected chi connectivity index (χ1v) is 12.3. The number of amides is 1. The largest absolute Gasteiger partial charge is 0.461 e. The number of ether oxygens (including phenoxy) is 3. The van der Waals surface area contributed by atoms with Crippen molar-refractivity contribution in [3.8, 4) is 0 Å². The minimum atomic E-state index is -0.478. The van der Waals surface area contributed by atoms with Gasteiger partial charge in [0, 0.05) is 24.3 Å². The molecule has 7 nitrogen and oxygen atoms in total. The van der Waals surface area contributed by atoms with Crippen LogP contribution in [0.5, 0.6) is 0 Å². The summed E-state index contributed by atoms with van der Waals surface area (Å²) in [6.45, 7) is 16.6. The number of esters is 1. The number of hydrogen-bond acceptors (Lipinski definition) is 5. The molecule has 33 heavy (non-hydrogen) atoms. The number of H-pyrrole nitrogens is 1. The molecular weight excluding hydrogens is 420 g/mol. The first-order valence-electron chi connectivity index (χ1n) is 12.3. The molecule has 2 saturated heterocycles. The van der Waals surface area contributed by atoms with Gasteiger partial charge in [0.05, 0.1) is 19.3 Å². The Balaban J connectivity index is 1.51. The Labute approximate surface area is 197 Å². The molecule has 1 N–H and O–H groups in total. The van der Waals surface area contributed by atoms with Crippen LogP contribution in [0.15, 0.2) is 0 Å². The van der Waals surface area contributed by atoms with Crippen molar-refractivity contribution >= 4 is 12.1 Å². The molecule has 4 rings (SSSR count). The Bertz CT molecular complexity index is 918. The van der Waals surface area contributed by atoms with Gasteiger partial charge in [-0.05, 0) is 82.6 Å². The summed E-state index contributed by atoms with van der Waals surface area (Å²) in [6, 6.07) is 0. The number of aromatic amines is 1. The number of hydrogen-bond donors (Lipinski definition) is 1. The minimum absolute atomic E-state index is 0.0160. The molecular formula is C26H40N2O5. The minimum Gasteiger partial charge on any atom is -0.461 e. The van der Waals surface area contributed by atoms with E-state index in [0.717, 1.165) is 42.5 Å². The van der Waals surface area contributed by atoms with Gasteiger partial charge in [-0.2, -0.15) is 0 Å². The van der Waals surface area contributed by atoms with Crippen molar-refractivity contribution in [2.75, 3.05) is 26.3 Å². The van der Waals surface area contributed by atoms with E-state index in [0.29, 0.717) is 37.9 Å². The second kappa shape index (κ2) is 8.33. The molecule has 2 fully saturated rings. The zero-order chi connectivity index (χ0) is 24.2. The summed E-state index contributed by atoms with van der Waals surface area (Å²) < 4.78 is 17.5. The van der Waals surface area contributed by atoms with Gasteiger partial charge in [0.1, 0.15) is 11.3 Å². The van der Waals surface area contributed by atoms with E-state index in [1.54, 1.807) is 0 Å². The average molecular weight is 461 g/mol. The van der Waals surface area contributed by atoms with Crippen LogP contribution in [0.25, 0.3) is 0 Å². The quantitative estimate of drug-likeness (QED) is 0.615. The fourth-order valence-electron chi connectivity index (χ4n) is 6.02. The zero-order valence-corrected chi connectivity index (χ0v) is 21.3. The summed E-state index contributed by atoms with van der Waals surface area (Å²) in [5, 5.41) is 0. The van der Waals surface area contributed by atoms with E-state index in [1.165, 1.54) is 0 Å². The van der Waals surface area contributed by atoms with Crippen LogP contribution in [-0.4, -0.2) is 53.9 Å². The lowest BCUT2D eigenvalue weighted by atomic mass is 9.58. The van der Waals surface area contributed by atoms with Gasteiger partial charge in [0.2, 0.25) is 0 Å². The number of rotatable bonds is 2. The van der Waals surface area contributed by atoms with E-state index in [1.807, 2.05) is 39.5 Å². The van der Waals surface area contributed by atoms with Crippen LogP contribution in [0, 0.1) is 23.7 Å². The third kappa shape index (κ3) is 4.53. The lowest BCUT2D eigenvalue weighted by molar-refractivity contribution is -0.153. The average Bonchev–Trinajstić information content (AvgIpc) is 3.03. The van der Waals surface area contributed by atoms with E-state index >= 15 is 0 Å². The first-order chi connectivity index (χ1) is 15.4. The number of aromatic nitrogens is 1. The molecule has 2 aliphatic heterocycles. The van der Waals surface area contributed by atoms with Gasteiger partial charge in [0.15, 0.2) is 0 Å². The smallest absolute Gasteiger partial charge is 0.410 e. The number of carbonyl (C=O) groups is 2. The number of nitrogens with one attached hydrogen (secondary N) is 1. The lowest BCUT2D eigenvalue weighted by Crippen LogP contribution is -2.52. The fraction of sp³-hybridized carbons (Fsp3) is 0.769. The highest BCUT2D eigenvalue weighted by Crippen LogP contribution is 2.57. The molecule has 0 saturated carbocycles. The summed E-state index contributed by atoms with van der Waals surface area (Å²) in [6.07, 6.45) is 3.58. The highest BCUT2D eigenvalue weighted by atomic mass is 16.6. The summed E-state index contributed by atoms with van der Waals surface area (Å²) >= 11 is 0. The number of nitrogens with zero attached hydrogens (tertiary/aromatic N) is 1. The summed E-state index contributed by atoms with van der Waals surface area (Å²) in [5.74, 6) is 0.0666. The molecule has 3 heterocycles. The Hall–Kier alpha value is -2.02. The van der Waals surface area contributed by atoms with E-state index < -0.39 is 5.60 Å². The van der Waals surface area contributed by atoms with Gasteiger partial charge >= 0.3 is 12.1 Å². The zero-order valence-electron chi connectivity index (χ0n) is 21.3. The van der Waals surface area contributed by atoms with Gasteiger partial charge in [-0.3, -0.25) is 0 Å². The lowest BCUT2D eigenvalue weighted by Gasteiger charge is -2.54. The standard InChI is InChI=1S/C26H40N2O5/c1-8-31-22(29)20-16(2)19-18(27-20)14-25(6,7)17-13-26(15-32-21(17)19)9-11-28(12-10-26)23(30)33-24(3,4)5/h17,21,27H,8-15H2,1-7H3/t17-,21-/m0/s1. The fourth-order valence-corrected chi connectivity index (χ4v) is 6.02. The van der Waals surface area contributed by atoms with Crippen molar-refractivity contribution in [1.29, 1.82) is 0 Å². The maximum Gasteiger partial charge on any atom is 0.410 e. The van der Waals surface area contributed by atoms with Gasteiger partial charge in [-0.1, -0.05) is 13.8 Å². The monoisotopic (exact) mass is 460 g/mol. The SMILES string of the molecule is CCOC(=O)c1[nH]c2c(c1C)[C@H]1OCC3(CCN(C(=O)OC(C)(C)C)CC3)C[C@@H]1C(C)(C)C2. The maximum absolute atomic E-state index is 12.5. The number of piperidine rings is 1. The topological polar surface area (TPSA) is 80.9 Å². The third-order valence-corrected chi connectivity index (χ3v) is 7.84. The highest BCUT2D eigenvalue weighted by Gasteiger charge is 2.53. The third-order valence-electron chi connectivity index (χ3n) is 7.84. The van der Waals surface area contributed by atoms with Crippen LogP contribution >= 0.6 is 0 Å². The summed E-state index contributed by atoms with van der Waals surface area (Å²) in [4.78, 5) is 30.2. The Morgan fingerprint density at radius 2 is 1.88 bits per heavy atom. The molecule has 7 heteroatoms. The maximum atomic E-state index is 12.5. The molecule has 3 aliphatic rings. The predicted molar refractivity (Wildman–Crippen MR) is 125 cm³/mol. The van der Waals surface area contributed by atoms with Crippen LogP contribution in [-0.2, 0) is 20.6 Å². The second-order valence-corrected chi connectivity index (χ2v) is 11.9. The van der Waals surface area contributed by atoms with Gasteiger partial charge < -0.3 is 24.1 Å². The Kier molecular flexibility index (Phi) is 6.09. The van der Waals surface area contributed by atoms with Gasteiger partial charge in [-0.25, -0.2) is 9.59 Å². The molecule has 1 amide bonds. The molecule has 184 valence electrons. The van der Waals surface area contributed by atoms with Crippen LogP contribution < -0.4 is 0 Å². The number of likely N-dealkylation sites (tertiary alicyclic amines) is 1. The molecule has 0 unspecified atom stereocenters. The Morgan fingerprint density at radius 1 is 1.21 bits per heavy atom. The number of carbonyl (C=O) groups excluding carboxylic acids is 2. The highest BCUT2D eigenvalue weighted by molar-refractivity contribution is 5.90. The van der Waals surface area contributed by atoms with E-state index in [9.17, 15) is 9.59 Å². The van der Waals surface area contributed by atoms with Crippen molar-refractivity contribution in [3.63, 3.8) is 0 Å². The molecule has 2 atom stereocenters. The summed E-state index contributed by atoms with van der Waals surface area (Å²) in [7, 11) is 0. The molecule has 0 radical (unpaired) electrons. The van der Waals surface area contributed by atoms with Crippen LogP contribution in [0.2, 0.25) is 0 Å². The molecule has 1 aromatic rings. The normalized spacial score (nSPS) is 25.8. The number of fused-ring (bicyclic) bond motifs is 3. The van der Waals surface area contributed by atoms with Crippen LogP contribution in [0.3, 0.4) is 0 Å². The first kappa shape index (κ1) is 24.1. The summed E-state index contributed by atoms with van der Waals surface area (Å²) in [5.41, 5.74) is 3.44. The Morgan fingerprint density at radius 3 is 2.48 bits per heavy atom. The van der Waals surface area contributed by atoms with E-state index in [4.69, 9.17) is 14.2 Å². The second-order valence-electron chi connectivity index (χ2n) is 11.9. The van der Waals surface area contributed by atoms with Crippen LogP contribution in [0.4, 0.5) is 4.79 Å². The van der Waals surface area contributed by atoms with Gasteiger partial charge in [0.25, 0.3) is 0 Å². The molecule has 0 aromatic carbocycles. The van der Waals surface area contributed by atoms with Gasteiger partial charge in [-0.15, -0.1) is 0 Å². The van der Waals surface area contributed by atoms with E-state index in [-0.39, 0.29) is 29.0 Å². The van der Waals surface area contributed by atoms with Crippen molar-refractivity contribution in [2.45, 2.75) is 85.9 Å². The molecule has 1 aliphatic carbocycles.